The van der Waals surface area contributed by atoms with E-state index in [-0.39, 0.29) is 0 Å². The third-order valence-electron chi connectivity index (χ3n) is 2.25. The van der Waals surface area contributed by atoms with E-state index in [0.29, 0.717) is 11.6 Å². The highest BCUT2D eigenvalue weighted by Gasteiger charge is 2.10. The second kappa shape index (κ2) is 5.35. The van der Waals surface area contributed by atoms with Crippen molar-refractivity contribution in [2.75, 3.05) is 13.6 Å². The molecule has 1 aromatic rings. The summed E-state index contributed by atoms with van der Waals surface area (Å²) in [6, 6.07) is 5.66. The molecular weight excluding hydrogens is 198 g/mol. The van der Waals surface area contributed by atoms with Crippen LogP contribution >= 0.6 is 11.6 Å². The molecule has 0 bridgehead atoms. The average Bonchev–Trinajstić information content (AvgIpc) is 2.18. The minimum atomic E-state index is -0.478. The maximum Gasteiger partial charge on any atom is 0.0917 e. The number of rotatable bonds is 4. The SMILES string of the molecule is CCc1ccc(Cl)cc1C(O)CNC. The van der Waals surface area contributed by atoms with E-state index < -0.39 is 6.10 Å². The summed E-state index contributed by atoms with van der Waals surface area (Å²) < 4.78 is 0. The lowest BCUT2D eigenvalue weighted by atomic mass is 10.0. The molecule has 0 aliphatic carbocycles. The van der Waals surface area contributed by atoms with Crippen molar-refractivity contribution in [3.63, 3.8) is 0 Å². The summed E-state index contributed by atoms with van der Waals surface area (Å²) >= 11 is 5.89. The number of likely N-dealkylation sites (N-methyl/N-ethyl adjacent to an activating group) is 1. The zero-order valence-electron chi connectivity index (χ0n) is 8.55. The molecule has 0 fully saturated rings. The van der Waals surface area contributed by atoms with Crippen LogP contribution in [-0.4, -0.2) is 18.7 Å². The van der Waals surface area contributed by atoms with Crippen LogP contribution in [0.5, 0.6) is 0 Å². The number of nitrogens with one attached hydrogen (secondary N) is 1. The largest absolute Gasteiger partial charge is 0.387 e. The van der Waals surface area contributed by atoms with E-state index in [1.807, 2.05) is 25.2 Å². The molecule has 1 unspecified atom stereocenters. The molecule has 78 valence electrons. The molecule has 0 spiro atoms. The van der Waals surface area contributed by atoms with Crippen LogP contribution in [0.4, 0.5) is 0 Å². The fourth-order valence-corrected chi connectivity index (χ4v) is 1.68. The lowest BCUT2D eigenvalue weighted by molar-refractivity contribution is 0.177. The lowest BCUT2D eigenvalue weighted by Gasteiger charge is -2.14. The van der Waals surface area contributed by atoms with Crippen molar-refractivity contribution in [2.45, 2.75) is 19.4 Å². The van der Waals surface area contributed by atoms with Gasteiger partial charge in [0, 0.05) is 11.6 Å². The second-order valence-electron chi connectivity index (χ2n) is 3.27. The summed E-state index contributed by atoms with van der Waals surface area (Å²) in [5.41, 5.74) is 2.08. The molecule has 2 nitrogen and oxygen atoms in total. The van der Waals surface area contributed by atoms with Crippen LogP contribution in [0.3, 0.4) is 0 Å². The van der Waals surface area contributed by atoms with Crippen molar-refractivity contribution in [3.8, 4) is 0 Å². The molecule has 1 rings (SSSR count). The molecule has 0 aromatic heterocycles. The quantitative estimate of drug-likeness (QED) is 0.804. The van der Waals surface area contributed by atoms with Gasteiger partial charge in [-0.05, 0) is 36.7 Å². The van der Waals surface area contributed by atoms with Crippen molar-refractivity contribution < 1.29 is 5.11 Å². The van der Waals surface area contributed by atoms with Gasteiger partial charge in [-0.15, -0.1) is 0 Å². The molecule has 2 N–H and O–H groups in total. The van der Waals surface area contributed by atoms with Crippen LogP contribution in [0.15, 0.2) is 18.2 Å². The van der Waals surface area contributed by atoms with Gasteiger partial charge in [0.15, 0.2) is 0 Å². The Hall–Kier alpha value is -0.570. The Balaban J connectivity index is 2.97. The van der Waals surface area contributed by atoms with Gasteiger partial charge in [-0.2, -0.15) is 0 Å². The zero-order chi connectivity index (χ0) is 10.6. The fourth-order valence-electron chi connectivity index (χ4n) is 1.50. The van der Waals surface area contributed by atoms with Gasteiger partial charge in [-0.3, -0.25) is 0 Å². The van der Waals surface area contributed by atoms with E-state index in [4.69, 9.17) is 11.6 Å². The predicted octanol–water partition coefficient (Wildman–Crippen LogP) is 2.16. The molecule has 3 heteroatoms. The van der Waals surface area contributed by atoms with E-state index in [1.165, 1.54) is 0 Å². The maximum atomic E-state index is 9.84. The van der Waals surface area contributed by atoms with Gasteiger partial charge in [-0.1, -0.05) is 24.6 Å². The summed E-state index contributed by atoms with van der Waals surface area (Å²) in [5.74, 6) is 0. The minimum Gasteiger partial charge on any atom is -0.387 e. The highest BCUT2D eigenvalue weighted by molar-refractivity contribution is 6.30. The van der Waals surface area contributed by atoms with Crippen molar-refractivity contribution in [1.29, 1.82) is 0 Å². The smallest absolute Gasteiger partial charge is 0.0917 e. The van der Waals surface area contributed by atoms with Crippen molar-refractivity contribution in [3.05, 3.63) is 34.3 Å². The third-order valence-corrected chi connectivity index (χ3v) is 2.48. The highest BCUT2D eigenvalue weighted by Crippen LogP contribution is 2.22. The van der Waals surface area contributed by atoms with E-state index in [2.05, 4.69) is 12.2 Å². The van der Waals surface area contributed by atoms with Crippen LogP contribution in [-0.2, 0) is 6.42 Å². The topological polar surface area (TPSA) is 32.3 Å². The van der Waals surface area contributed by atoms with Crippen LogP contribution in [0.2, 0.25) is 5.02 Å². The molecule has 0 saturated heterocycles. The Kier molecular flexibility index (Phi) is 4.39. The molecule has 0 amide bonds. The van der Waals surface area contributed by atoms with Gasteiger partial charge < -0.3 is 10.4 Å². The Labute approximate surface area is 89.9 Å². The van der Waals surface area contributed by atoms with E-state index in [0.717, 1.165) is 17.5 Å². The number of hydrogen-bond acceptors (Lipinski definition) is 2. The summed E-state index contributed by atoms with van der Waals surface area (Å²) in [4.78, 5) is 0. The Morgan fingerprint density at radius 1 is 1.50 bits per heavy atom. The summed E-state index contributed by atoms with van der Waals surface area (Å²) in [5, 5.41) is 13.5. The summed E-state index contributed by atoms with van der Waals surface area (Å²) in [7, 11) is 1.82. The highest BCUT2D eigenvalue weighted by atomic mass is 35.5. The molecule has 0 heterocycles. The van der Waals surface area contributed by atoms with Crippen molar-refractivity contribution in [1.82, 2.24) is 5.32 Å². The fraction of sp³-hybridized carbons (Fsp3) is 0.455. The number of halogens is 1. The third kappa shape index (κ3) is 2.71. The Morgan fingerprint density at radius 3 is 2.79 bits per heavy atom. The predicted molar refractivity (Wildman–Crippen MR) is 59.7 cm³/mol. The average molecular weight is 214 g/mol. The second-order valence-corrected chi connectivity index (χ2v) is 3.71. The van der Waals surface area contributed by atoms with Crippen molar-refractivity contribution >= 4 is 11.6 Å². The molecule has 0 radical (unpaired) electrons. The van der Waals surface area contributed by atoms with Crippen LogP contribution in [0.1, 0.15) is 24.2 Å². The Morgan fingerprint density at radius 2 is 2.21 bits per heavy atom. The van der Waals surface area contributed by atoms with Crippen LogP contribution in [0.25, 0.3) is 0 Å². The molecule has 1 atom stereocenters. The molecule has 1 aromatic carbocycles. The van der Waals surface area contributed by atoms with Gasteiger partial charge >= 0.3 is 0 Å². The molecule has 0 aliphatic heterocycles. The maximum absolute atomic E-state index is 9.84. The number of aliphatic hydroxyl groups excluding tert-OH is 1. The van der Waals surface area contributed by atoms with Crippen LogP contribution in [0, 0.1) is 0 Å². The molecule has 0 aliphatic rings. The van der Waals surface area contributed by atoms with Crippen LogP contribution < -0.4 is 5.32 Å². The van der Waals surface area contributed by atoms with Gasteiger partial charge in [0.1, 0.15) is 0 Å². The molecule has 0 saturated carbocycles. The zero-order valence-corrected chi connectivity index (χ0v) is 9.30. The number of benzene rings is 1. The minimum absolute atomic E-state index is 0.478. The summed E-state index contributed by atoms with van der Waals surface area (Å²) in [6.45, 7) is 2.62. The first-order valence-corrected chi connectivity index (χ1v) is 5.17. The van der Waals surface area contributed by atoms with E-state index in [9.17, 15) is 5.11 Å². The number of aliphatic hydroxyl groups is 1. The van der Waals surface area contributed by atoms with E-state index >= 15 is 0 Å². The normalized spacial score (nSPS) is 12.9. The van der Waals surface area contributed by atoms with Gasteiger partial charge in [0.2, 0.25) is 0 Å². The van der Waals surface area contributed by atoms with E-state index in [1.54, 1.807) is 0 Å². The number of aryl methyl sites for hydroxylation is 1. The first-order chi connectivity index (χ1) is 6.69. The van der Waals surface area contributed by atoms with Crippen molar-refractivity contribution in [2.24, 2.45) is 0 Å². The molecule has 14 heavy (non-hydrogen) atoms. The first kappa shape index (κ1) is 11.5. The van der Waals surface area contributed by atoms with Gasteiger partial charge in [0.05, 0.1) is 6.10 Å². The molecular formula is C11H16ClNO. The van der Waals surface area contributed by atoms with Gasteiger partial charge in [-0.25, -0.2) is 0 Å². The number of hydrogen-bond donors (Lipinski definition) is 2. The lowest BCUT2D eigenvalue weighted by Crippen LogP contribution is -2.17. The standard InChI is InChI=1S/C11H16ClNO/c1-3-8-4-5-9(12)6-10(8)11(14)7-13-2/h4-6,11,13-14H,3,7H2,1-2H3. The monoisotopic (exact) mass is 213 g/mol. The van der Waals surface area contributed by atoms with Gasteiger partial charge in [0.25, 0.3) is 0 Å². The Bertz CT molecular complexity index is 301. The first-order valence-electron chi connectivity index (χ1n) is 4.80. The summed E-state index contributed by atoms with van der Waals surface area (Å²) in [6.07, 6.45) is 0.432.